The van der Waals surface area contributed by atoms with Crippen LogP contribution in [0.5, 0.6) is 0 Å². The number of hydrogen-bond donors (Lipinski definition) is 1. The summed E-state index contributed by atoms with van der Waals surface area (Å²) < 4.78 is 2.36. The van der Waals surface area contributed by atoms with E-state index in [9.17, 15) is 10.1 Å². The van der Waals surface area contributed by atoms with E-state index in [0.29, 0.717) is 10.0 Å². The summed E-state index contributed by atoms with van der Waals surface area (Å²) >= 11 is 20.5. The van der Waals surface area contributed by atoms with E-state index in [2.05, 4.69) is 9.71 Å². The molecular weight excluding hydrogens is 413 g/mol. The summed E-state index contributed by atoms with van der Waals surface area (Å²) in [6, 6.07) is 11.9. The maximum absolute atomic E-state index is 10.9. The van der Waals surface area contributed by atoms with Crippen LogP contribution in [0.25, 0.3) is 10.2 Å². The van der Waals surface area contributed by atoms with Crippen LogP contribution in [0.3, 0.4) is 0 Å². The summed E-state index contributed by atoms with van der Waals surface area (Å²) in [5.41, 5.74) is 0.983. The molecule has 0 radical (unpaired) electrons. The van der Waals surface area contributed by atoms with Gasteiger partial charge in [0.25, 0.3) is 5.69 Å². The second-order valence-electron chi connectivity index (χ2n) is 4.63. The van der Waals surface area contributed by atoms with Crippen LogP contribution in [-0.2, 0) is 3.79 Å². The minimum absolute atomic E-state index is 0.138. The Kier molecular flexibility index (Phi) is 5.08. The van der Waals surface area contributed by atoms with Gasteiger partial charge in [-0.2, -0.15) is 0 Å². The Labute approximate surface area is 160 Å². The second kappa shape index (κ2) is 6.93. The summed E-state index contributed by atoms with van der Waals surface area (Å²) in [5.74, 6) is 0. The van der Waals surface area contributed by atoms with Crippen LogP contribution in [0.2, 0.25) is 0 Å². The van der Waals surface area contributed by atoms with Gasteiger partial charge in [0.05, 0.1) is 15.1 Å². The fourth-order valence-corrected chi connectivity index (χ4v) is 4.30. The number of nitrogens with one attached hydrogen (secondary N) is 1. The fraction of sp³-hybridized carbons (Fsp3) is 0.0714. The van der Waals surface area contributed by atoms with Crippen LogP contribution < -0.4 is 4.72 Å². The van der Waals surface area contributed by atoms with Gasteiger partial charge < -0.3 is 4.72 Å². The SMILES string of the molecule is O=[N+]([O-])c1ccc(SNc2nc3ccccc3s2)c(C(Cl)(Cl)Cl)c1. The molecule has 24 heavy (non-hydrogen) atoms. The number of alkyl halides is 3. The van der Waals surface area contributed by atoms with Gasteiger partial charge in [0.15, 0.2) is 5.13 Å². The second-order valence-corrected chi connectivity index (χ2v) is 8.79. The Morgan fingerprint density at radius 2 is 1.96 bits per heavy atom. The van der Waals surface area contributed by atoms with Crippen LogP contribution in [0, 0.1) is 10.1 Å². The summed E-state index contributed by atoms with van der Waals surface area (Å²) in [6.07, 6.45) is 0. The first-order valence-corrected chi connectivity index (χ1v) is 9.25. The molecule has 0 unspecified atom stereocenters. The summed E-state index contributed by atoms with van der Waals surface area (Å²) in [7, 11) is 0. The zero-order valence-corrected chi connectivity index (χ0v) is 15.6. The monoisotopic (exact) mass is 419 g/mol. The number of rotatable bonds is 4. The van der Waals surface area contributed by atoms with E-state index in [1.54, 1.807) is 6.07 Å². The van der Waals surface area contributed by atoms with Gasteiger partial charge in [-0.05, 0) is 30.1 Å². The van der Waals surface area contributed by atoms with Gasteiger partial charge in [-0.3, -0.25) is 10.1 Å². The van der Waals surface area contributed by atoms with Crippen molar-refractivity contribution in [1.82, 2.24) is 4.98 Å². The van der Waals surface area contributed by atoms with Gasteiger partial charge in [0.1, 0.15) is 0 Å². The van der Waals surface area contributed by atoms with Crippen LogP contribution in [0.15, 0.2) is 47.4 Å². The molecule has 0 amide bonds. The molecule has 1 heterocycles. The van der Waals surface area contributed by atoms with Crippen molar-refractivity contribution in [2.75, 3.05) is 4.72 Å². The first-order valence-electron chi connectivity index (χ1n) is 6.48. The molecule has 124 valence electrons. The van der Waals surface area contributed by atoms with Gasteiger partial charge in [0.2, 0.25) is 3.79 Å². The quantitative estimate of drug-likeness (QED) is 0.237. The first-order chi connectivity index (χ1) is 11.3. The van der Waals surface area contributed by atoms with Crippen molar-refractivity contribution in [1.29, 1.82) is 0 Å². The number of para-hydroxylation sites is 1. The number of anilines is 1. The molecule has 0 saturated heterocycles. The average Bonchev–Trinajstić information content (AvgIpc) is 2.94. The number of fused-ring (bicyclic) bond motifs is 1. The highest BCUT2D eigenvalue weighted by atomic mass is 35.6. The number of nitro groups is 1. The Morgan fingerprint density at radius 3 is 2.62 bits per heavy atom. The van der Waals surface area contributed by atoms with E-state index in [-0.39, 0.29) is 11.3 Å². The van der Waals surface area contributed by atoms with Gasteiger partial charge in [0, 0.05) is 22.6 Å². The van der Waals surface area contributed by atoms with E-state index < -0.39 is 8.72 Å². The lowest BCUT2D eigenvalue weighted by Crippen LogP contribution is -2.04. The smallest absolute Gasteiger partial charge is 0.269 e. The van der Waals surface area contributed by atoms with Crippen LogP contribution in [0.1, 0.15) is 5.56 Å². The molecule has 3 rings (SSSR count). The lowest BCUT2D eigenvalue weighted by atomic mass is 10.2. The molecule has 5 nitrogen and oxygen atoms in total. The van der Waals surface area contributed by atoms with E-state index in [4.69, 9.17) is 34.8 Å². The molecule has 0 aliphatic carbocycles. The largest absolute Gasteiger partial charge is 0.301 e. The topological polar surface area (TPSA) is 68.1 Å². The first kappa shape index (κ1) is 17.6. The minimum Gasteiger partial charge on any atom is -0.301 e. The normalized spacial score (nSPS) is 11.6. The van der Waals surface area contributed by atoms with Gasteiger partial charge >= 0.3 is 0 Å². The van der Waals surface area contributed by atoms with Crippen molar-refractivity contribution in [3.63, 3.8) is 0 Å². The van der Waals surface area contributed by atoms with E-state index >= 15 is 0 Å². The molecule has 0 aliphatic heterocycles. The van der Waals surface area contributed by atoms with Gasteiger partial charge in [-0.25, -0.2) is 4.98 Å². The summed E-state index contributed by atoms with van der Waals surface area (Å²) in [6.45, 7) is 0. The molecule has 0 spiro atoms. The molecular formula is C14H8Cl3N3O2S2. The zero-order valence-electron chi connectivity index (χ0n) is 11.7. The molecule has 0 atom stereocenters. The highest BCUT2D eigenvalue weighted by Gasteiger charge is 2.29. The third kappa shape index (κ3) is 3.87. The van der Waals surface area contributed by atoms with Crippen molar-refractivity contribution in [2.45, 2.75) is 8.69 Å². The molecule has 10 heteroatoms. The number of hydrogen-bond acceptors (Lipinski definition) is 6. The Bertz CT molecular complexity index is 879. The number of benzene rings is 2. The van der Waals surface area contributed by atoms with Crippen molar-refractivity contribution in [3.8, 4) is 0 Å². The molecule has 0 bridgehead atoms. The molecule has 0 fully saturated rings. The maximum Gasteiger partial charge on any atom is 0.269 e. The summed E-state index contributed by atoms with van der Waals surface area (Å²) in [4.78, 5) is 15.4. The molecule has 1 N–H and O–H groups in total. The van der Waals surface area contributed by atoms with Crippen LogP contribution in [0.4, 0.5) is 10.8 Å². The van der Waals surface area contributed by atoms with Crippen molar-refractivity contribution in [3.05, 3.63) is 58.1 Å². The lowest BCUT2D eigenvalue weighted by molar-refractivity contribution is -0.385. The average molecular weight is 421 g/mol. The lowest BCUT2D eigenvalue weighted by Gasteiger charge is -2.15. The molecule has 1 aromatic heterocycles. The standard InChI is InChI=1S/C14H8Cl3N3O2S2/c15-14(16,17)9-7-8(20(21)22)5-6-11(9)24-19-13-18-10-3-1-2-4-12(10)23-13/h1-7H,(H,18,19). The number of nitrogens with zero attached hydrogens (tertiary/aromatic N) is 2. The van der Waals surface area contributed by atoms with Crippen molar-refractivity contribution < 1.29 is 4.92 Å². The van der Waals surface area contributed by atoms with Gasteiger partial charge in [-0.1, -0.05) is 58.3 Å². The Balaban J connectivity index is 1.87. The van der Waals surface area contributed by atoms with Crippen molar-refractivity contribution >= 4 is 79.1 Å². The van der Waals surface area contributed by atoms with Crippen molar-refractivity contribution in [2.24, 2.45) is 0 Å². The highest BCUT2D eigenvalue weighted by molar-refractivity contribution is 8.00. The molecule has 0 saturated carbocycles. The third-order valence-electron chi connectivity index (χ3n) is 3.02. The predicted molar refractivity (Wildman–Crippen MR) is 101 cm³/mol. The Morgan fingerprint density at radius 1 is 1.21 bits per heavy atom. The maximum atomic E-state index is 10.9. The molecule has 0 aliphatic rings. The molecule has 3 aromatic rings. The number of thiazole rings is 1. The van der Waals surface area contributed by atoms with E-state index in [0.717, 1.165) is 10.2 Å². The fourth-order valence-electron chi connectivity index (χ4n) is 1.96. The highest BCUT2D eigenvalue weighted by Crippen LogP contribution is 2.44. The number of nitro benzene ring substituents is 1. The van der Waals surface area contributed by atoms with E-state index in [1.165, 1.54) is 35.4 Å². The third-order valence-corrected chi connectivity index (χ3v) is 5.58. The van der Waals surface area contributed by atoms with Crippen LogP contribution >= 0.6 is 58.1 Å². The van der Waals surface area contributed by atoms with E-state index in [1.807, 2.05) is 24.3 Å². The summed E-state index contributed by atoms with van der Waals surface area (Å²) in [5, 5.41) is 11.6. The number of non-ortho nitro benzene ring substituents is 1. The minimum atomic E-state index is -1.77. The number of aromatic nitrogens is 1. The predicted octanol–water partition coefficient (Wildman–Crippen LogP) is 6.15. The van der Waals surface area contributed by atoms with Crippen LogP contribution in [-0.4, -0.2) is 9.91 Å². The molecule has 2 aromatic carbocycles. The van der Waals surface area contributed by atoms with Gasteiger partial charge in [-0.15, -0.1) is 0 Å². The number of halogens is 3. The Hall–Kier alpha value is -1.25. The zero-order chi connectivity index (χ0) is 17.3.